The third-order valence-electron chi connectivity index (χ3n) is 4.79. The molecule has 150 valence electrons. The van der Waals surface area contributed by atoms with Crippen molar-refractivity contribution in [1.82, 2.24) is 9.55 Å². The van der Waals surface area contributed by atoms with Crippen LogP contribution in [0.4, 0.5) is 5.69 Å². The summed E-state index contributed by atoms with van der Waals surface area (Å²) in [6.07, 6.45) is 3.92. The second-order valence-electron chi connectivity index (χ2n) is 6.84. The van der Waals surface area contributed by atoms with Gasteiger partial charge in [0.2, 0.25) is 5.91 Å². The number of thioether (sulfide) groups is 1. The van der Waals surface area contributed by atoms with Crippen molar-refractivity contribution in [2.75, 3.05) is 11.1 Å². The highest BCUT2D eigenvalue weighted by molar-refractivity contribution is 8.00. The lowest BCUT2D eigenvalue weighted by Crippen LogP contribution is -2.30. The van der Waals surface area contributed by atoms with E-state index in [1.807, 2.05) is 17.5 Å². The van der Waals surface area contributed by atoms with E-state index in [1.165, 1.54) is 11.8 Å². The monoisotopic (exact) mass is 445 g/mol. The molecule has 0 bridgehead atoms. The number of rotatable bonds is 6. The number of amides is 1. The molecule has 1 amide bonds. The highest BCUT2D eigenvalue weighted by atomic mass is 35.5. The predicted molar refractivity (Wildman–Crippen MR) is 119 cm³/mol. The van der Waals surface area contributed by atoms with Crippen LogP contribution in [-0.4, -0.2) is 21.2 Å². The molecule has 29 heavy (non-hydrogen) atoms. The van der Waals surface area contributed by atoms with E-state index in [4.69, 9.17) is 11.6 Å². The molecular formula is C21H20ClN3O2S2. The van der Waals surface area contributed by atoms with Gasteiger partial charge in [0.1, 0.15) is 5.03 Å². The summed E-state index contributed by atoms with van der Waals surface area (Å²) in [5.41, 5.74) is 2.61. The van der Waals surface area contributed by atoms with E-state index in [0.29, 0.717) is 22.3 Å². The van der Waals surface area contributed by atoms with Crippen LogP contribution in [-0.2, 0) is 24.2 Å². The van der Waals surface area contributed by atoms with Crippen molar-refractivity contribution >= 4 is 46.3 Å². The lowest BCUT2D eigenvalue weighted by molar-refractivity contribution is -0.113. The maximum atomic E-state index is 12.7. The fourth-order valence-corrected chi connectivity index (χ4v) is 5.25. The second kappa shape index (κ2) is 9.15. The van der Waals surface area contributed by atoms with Crippen LogP contribution in [0.3, 0.4) is 0 Å². The van der Waals surface area contributed by atoms with Crippen LogP contribution in [0.5, 0.6) is 0 Å². The average Bonchev–Trinajstić information content (AvgIpc) is 3.22. The molecule has 8 heteroatoms. The number of nitrogens with zero attached hydrogens (tertiary/aromatic N) is 2. The summed E-state index contributed by atoms with van der Waals surface area (Å²) in [5, 5.41) is 6.11. The number of halogens is 1. The maximum absolute atomic E-state index is 12.7. The molecule has 0 fully saturated rings. The molecule has 0 unspecified atom stereocenters. The number of hydrogen-bond donors (Lipinski definition) is 1. The Morgan fingerprint density at radius 1 is 1.24 bits per heavy atom. The summed E-state index contributed by atoms with van der Waals surface area (Å²) in [6, 6.07) is 11.1. The molecule has 0 atom stereocenters. The van der Waals surface area contributed by atoms with Gasteiger partial charge in [0.25, 0.3) is 0 Å². The van der Waals surface area contributed by atoms with Crippen LogP contribution in [0.15, 0.2) is 51.6 Å². The van der Waals surface area contributed by atoms with E-state index >= 15 is 0 Å². The Morgan fingerprint density at radius 2 is 2.10 bits per heavy atom. The average molecular weight is 446 g/mol. The van der Waals surface area contributed by atoms with E-state index in [1.54, 1.807) is 40.2 Å². The third kappa shape index (κ3) is 4.91. The van der Waals surface area contributed by atoms with Gasteiger partial charge in [0, 0.05) is 26.8 Å². The van der Waals surface area contributed by atoms with Crippen LogP contribution >= 0.6 is 34.7 Å². The summed E-state index contributed by atoms with van der Waals surface area (Å²) in [6.45, 7) is 0.562. The Kier molecular flexibility index (Phi) is 6.37. The molecule has 0 spiro atoms. The molecule has 2 heterocycles. The zero-order valence-corrected chi connectivity index (χ0v) is 18.1. The minimum Gasteiger partial charge on any atom is -0.325 e. The van der Waals surface area contributed by atoms with E-state index in [0.717, 1.165) is 41.8 Å². The lowest BCUT2D eigenvalue weighted by Gasteiger charge is -2.22. The van der Waals surface area contributed by atoms with Gasteiger partial charge in [0.15, 0.2) is 0 Å². The normalized spacial score (nSPS) is 13.1. The minimum atomic E-state index is -0.239. The van der Waals surface area contributed by atoms with Gasteiger partial charge in [-0.15, -0.1) is 11.3 Å². The first-order chi connectivity index (χ1) is 14.1. The van der Waals surface area contributed by atoms with Gasteiger partial charge in [0.05, 0.1) is 12.3 Å². The van der Waals surface area contributed by atoms with Crippen LogP contribution < -0.4 is 11.0 Å². The zero-order valence-electron chi connectivity index (χ0n) is 15.7. The van der Waals surface area contributed by atoms with E-state index < -0.39 is 0 Å². The maximum Gasteiger partial charge on any atom is 0.349 e. The van der Waals surface area contributed by atoms with Crippen molar-refractivity contribution in [1.29, 1.82) is 0 Å². The van der Waals surface area contributed by atoms with Gasteiger partial charge in [-0.1, -0.05) is 35.5 Å². The van der Waals surface area contributed by atoms with E-state index in [9.17, 15) is 9.59 Å². The highest BCUT2D eigenvalue weighted by Crippen LogP contribution is 2.29. The molecule has 1 aliphatic carbocycles. The quantitative estimate of drug-likeness (QED) is 0.444. The Balaban J connectivity index is 1.52. The molecule has 1 N–H and O–H groups in total. The number of aromatic nitrogens is 2. The number of anilines is 1. The first kappa shape index (κ1) is 20.2. The molecule has 2 aromatic heterocycles. The fraction of sp³-hybridized carbons (Fsp3) is 0.286. The minimum absolute atomic E-state index is 0.147. The van der Waals surface area contributed by atoms with Crippen molar-refractivity contribution in [2.24, 2.45) is 0 Å². The topological polar surface area (TPSA) is 64.0 Å². The van der Waals surface area contributed by atoms with Gasteiger partial charge >= 0.3 is 5.69 Å². The predicted octanol–water partition coefficient (Wildman–Crippen LogP) is 4.62. The summed E-state index contributed by atoms with van der Waals surface area (Å²) in [7, 11) is 0. The molecule has 1 aromatic carbocycles. The number of thiophene rings is 1. The van der Waals surface area contributed by atoms with Crippen molar-refractivity contribution in [3.63, 3.8) is 0 Å². The first-order valence-corrected chi connectivity index (χ1v) is 11.7. The van der Waals surface area contributed by atoms with Crippen molar-refractivity contribution < 1.29 is 4.79 Å². The summed E-state index contributed by atoms with van der Waals surface area (Å²) >= 11 is 8.93. The van der Waals surface area contributed by atoms with Gasteiger partial charge in [-0.25, -0.2) is 4.79 Å². The first-order valence-electron chi connectivity index (χ1n) is 9.43. The molecular weight excluding hydrogens is 426 g/mol. The Bertz CT molecular complexity index is 1080. The molecule has 5 nitrogen and oxygen atoms in total. The summed E-state index contributed by atoms with van der Waals surface area (Å²) < 4.78 is 1.80. The molecule has 1 aliphatic rings. The molecule has 0 saturated heterocycles. The molecule has 4 rings (SSSR count). The Hall–Kier alpha value is -2.09. The third-order valence-corrected chi connectivity index (χ3v) is 6.91. The summed E-state index contributed by atoms with van der Waals surface area (Å²) in [5.74, 6) is 0.0479. The van der Waals surface area contributed by atoms with Gasteiger partial charge in [-0.3, -0.25) is 9.36 Å². The highest BCUT2D eigenvalue weighted by Gasteiger charge is 2.21. The van der Waals surface area contributed by atoms with Crippen molar-refractivity contribution in [2.45, 2.75) is 37.3 Å². The van der Waals surface area contributed by atoms with Crippen LogP contribution in [0.2, 0.25) is 5.02 Å². The summed E-state index contributed by atoms with van der Waals surface area (Å²) in [4.78, 5) is 30.6. The fourth-order valence-electron chi connectivity index (χ4n) is 3.49. The van der Waals surface area contributed by atoms with Crippen molar-refractivity contribution in [3.05, 3.63) is 73.4 Å². The standard InChI is InChI=1S/C21H20ClN3O2S2/c22-14-5-3-6-15(11-14)23-19(26)13-29-20-17-8-1-2-9-18(17)25(21(27)24-20)12-16-7-4-10-28-16/h3-7,10-11H,1-2,8-9,12-13H2,(H,23,26). The second-order valence-corrected chi connectivity index (χ2v) is 9.28. The molecule has 0 radical (unpaired) electrons. The van der Waals surface area contributed by atoms with Gasteiger partial charge in [-0.2, -0.15) is 4.98 Å². The van der Waals surface area contributed by atoms with Crippen molar-refractivity contribution in [3.8, 4) is 0 Å². The van der Waals surface area contributed by atoms with Crippen LogP contribution in [0.25, 0.3) is 0 Å². The number of carbonyl (C=O) groups excluding carboxylic acids is 1. The Labute approximate surface area is 182 Å². The SMILES string of the molecule is O=C(CSc1nc(=O)n(Cc2cccs2)c2c1CCCC2)Nc1cccc(Cl)c1. The number of nitrogens with one attached hydrogen (secondary N) is 1. The van der Waals surface area contributed by atoms with E-state index in [2.05, 4.69) is 10.3 Å². The number of hydrogen-bond acceptors (Lipinski definition) is 5. The van der Waals surface area contributed by atoms with Gasteiger partial charge < -0.3 is 5.32 Å². The van der Waals surface area contributed by atoms with Crippen LogP contribution in [0.1, 0.15) is 29.0 Å². The number of benzene rings is 1. The number of carbonyl (C=O) groups is 1. The molecule has 3 aromatic rings. The Morgan fingerprint density at radius 3 is 2.90 bits per heavy atom. The number of fused-ring (bicyclic) bond motifs is 1. The van der Waals surface area contributed by atoms with E-state index in [-0.39, 0.29) is 17.3 Å². The zero-order chi connectivity index (χ0) is 20.2. The van der Waals surface area contributed by atoms with Crippen LogP contribution in [0, 0.1) is 0 Å². The largest absolute Gasteiger partial charge is 0.349 e. The smallest absolute Gasteiger partial charge is 0.325 e. The lowest BCUT2D eigenvalue weighted by atomic mass is 9.97. The molecule has 0 aliphatic heterocycles. The van der Waals surface area contributed by atoms with Gasteiger partial charge in [-0.05, 0) is 55.3 Å². The molecule has 0 saturated carbocycles.